The Morgan fingerprint density at radius 3 is 2.80 bits per heavy atom. The Morgan fingerprint density at radius 2 is 2.20 bits per heavy atom. The van der Waals surface area contributed by atoms with Crippen LogP contribution in [-0.2, 0) is 0 Å². The van der Waals surface area contributed by atoms with Crippen LogP contribution in [0.25, 0.3) is 0 Å². The van der Waals surface area contributed by atoms with E-state index in [-0.39, 0.29) is 0 Å². The van der Waals surface area contributed by atoms with Gasteiger partial charge in [-0.3, -0.25) is 0 Å². The van der Waals surface area contributed by atoms with Gasteiger partial charge in [0.1, 0.15) is 0 Å². The molecule has 1 aliphatic carbocycles. The fraction of sp³-hybridized carbons (Fsp3) is 0.909. The number of carbonyl (C=O) groups excluding carboxylic acids is 1. The lowest BCUT2D eigenvalue weighted by Gasteiger charge is -2.35. The third-order valence-electron chi connectivity index (χ3n) is 3.06. The fourth-order valence-electron chi connectivity index (χ4n) is 2.33. The Bertz CT molecular complexity index is 216. The molecule has 15 heavy (non-hydrogen) atoms. The van der Waals surface area contributed by atoms with Crippen LogP contribution < -0.4 is 16.4 Å². The number of carbonyl (C=O) groups is 1. The van der Waals surface area contributed by atoms with Gasteiger partial charge in [0, 0.05) is 19.1 Å². The molecule has 4 nitrogen and oxygen atoms in total. The van der Waals surface area contributed by atoms with Crippen molar-refractivity contribution >= 4 is 6.03 Å². The van der Waals surface area contributed by atoms with Crippen molar-refractivity contribution in [3.63, 3.8) is 0 Å². The van der Waals surface area contributed by atoms with Crippen molar-refractivity contribution in [3.05, 3.63) is 0 Å². The first-order valence-corrected chi connectivity index (χ1v) is 5.76. The Labute approximate surface area is 92.0 Å². The molecule has 0 saturated heterocycles. The van der Waals surface area contributed by atoms with Gasteiger partial charge in [0.05, 0.1) is 0 Å². The molecule has 88 valence electrons. The maximum absolute atomic E-state index is 10.4. The third-order valence-corrected chi connectivity index (χ3v) is 3.06. The molecule has 1 atom stereocenters. The molecule has 0 radical (unpaired) electrons. The van der Waals surface area contributed by atoms with E-state index in [1.54, 1.807) is 0 Å². The standard InChI is InChI=1S/C11H23N3O/c1-11(2)5-3-4-9(8-11)13-6-7-14-10(12)15/h9,13H,3-8H2,1-2H3,(H3,12,14,15). The van der Waals surface area contributed by atoms with Crippen LogP contribution in [0.5, 0.6) is 0 Å². The number of primary amides is 1. The SMILES string of the molecule is CC1(C)CCCC(NCCNC(N)=O)C1. The van der Waals surface area contributed by atoms with E-state index in [2.05, 4.69) is 24.5 Å². The number of urea groups is 1. The van der Waals surface area contributed by atoms with Crippen LogP contribution in [0.2, 0.25) is 0 Å². The number of nitrogens with two attached hydrogens (primary N) is 1. The summed E-state index contributed by atoms with van der Waals surface area (Å²) in [6, 6.07) is 0.157. The van der Waals surface area contributed by atoms with E-state index < -0.39 is 6.03 Å². The molecule has 0 bridgehead atoms. The van der Waals surface area contributed by atoms with E-state index in [1.807, 2.05) is 0 Å². The zero-order chi connectivity index (χ0) is 11.3. The highest BCUT2D eigenvalue weighted by molar-refractivity contribution is 5.71. The number of hydrogen-bond acceptors (Lipinski definition) is 2. The van der Waals surface area contributed by atoms with Crippen molar-refractivity contribution < 1.29 is 4.79 Å². The zero-order valence-electron chi connectivity index (χ0n) is 9.81. The molecule has 1 saturated carbocycles. The first-order chi connectivity index (χ1) is 6.99. The van der Waals surface area contributed by atoms with Gasteiger partial charge in [0.15, 0.2) is 0 Å². The van der Waals surface area contributed by atoms with E-state index in [4.69, 9.17) is 5.73 Å². The molecule has 0 heterocycles. The van der Waals surface area contributed by atoms with Gasteiger partial charge in [-0.05, 0) is 24.7 Å². The van der Waals surface area contributed by atoms with E-state index in [0.29, 0.717) is 18.0 Å². The van der Waals surface area contributed by atoms with Gasteiger partial charge < -0.3 is 16.4 Å². The van der Waals surface area contributed by atoms with Crippen molar-refractivity contribution in [2.24, 2.45) is 11.1 Å². The molecule has 4 heteroatoms. The number of hydrogen-bond donors (Lipinski definition) is 3. The van der Waals surface area contributed by atoms with Crippen LogP contribution in [0.4, 0.5) is 4.79 Å². The van der Waals surface area contributed by atoms with Crippen molar-refractivity contribution in [2.45, 2.75) is 45.6 Å². The van der Waals surface area contributed by atoms with Crippen molar-refractivity contribution in [3.8, 4) is 0 Å². The predicted octanol–water partition coefficient (Wildman–Crippen LogP) is 1.21. The van der Waals surface area contributed by atoms with E-state index in [0.717, 1.165) is 6.54 Å². The average molecular weight is 213 g/mol. The van der Waals surface area contributed by atoms with Crippen molar-refractivity contribution in [1.82, 2.24) is 10.6 Å². The molecule has 2 amide bonds. The maximum atomic E-state index is 10.4. The molecule has 0 aromatic heterocycles. The minimum atomic E-state index is -0.444. The van der Waals surface area contributed by atoms with E-state index >= 15 is 0 Å². The van der Waals surface area contributed by atoms with Crippen LogP contribution in [0.1, 0.15) is 39.5 Å². The molecule has 1 aliphatic rings. The molecule has 0 aliphatic heterocycles. The molecule has 0 spiro atoms. The Balaban J connectivity index is 2.13. The highest BCUT2D eigenvalue weighted by atomic mass is 16.2. The second kappa shape index (κ2) is 5.35. The number of rotatable bonds is 4. The van der Waals surface area contributed by atoms with Gasteiger partial charge in [-0.15, -0.1) is 0 Å². The third kappa shape index (κ3) is 5.02. The van der Waals surface area contributed by atoms with Gasteiger partial charge in [-0.25, -0.2) is 4.79 Å². The Morgan fingerprint density at radius 1 is 1.47 bits per heavy atom. The molecule has 0 aromatic carbocycles. The van der Waals surface area contributed by atoms with Crippen LogP contribution in [0.3, 0.4) is 0 Å². The maximum Gasteiger partial charge on any atom is 0.312 e. The number of nitrogens with one attached hydrogen (secondary N) is 2. The summed E-state index contributed by atoms with van der Waals surface area (Å²) in [4.78, 5) is 10.4. The summed E-state index contributed by atoms with van der Waals surface area (Å²) in [6.45, 7) is 6.07. The molecule has 1 rings (SSSR count). The first-order valence-electron chi connectivity index (χ1n) is 5.76. The van der Waals surface area contributed by atoms with Gasteiger partial charge >= 0.3 is 6.03 Å². The lowest BCUT2D eigenvalue weighted by molar-refractivity contribution is 0.198. The second-order valence-corrected chi connectivity index (χ2v) is 5.20. The Hall–Kier alpha value is -0.770. The zero-order valence-corrected chi connectivity index (χ0v) is 9.81. The average Bonchev–Trinajstić information content (AvgIpc) is 2.10. The molecule has 0 aromatic rings. The van der Waals surface area contributed by atoms with Gasteiger partial charge in [-0.2, -0.15) is 0 Å². The lowest BCUT2D eigenvalue weighted by atomic mass is 9.75. The topological polar surface area (TPSA) is 67.2 Å². The minimum Gasteiger partial charge on any atom is -0.352 e. The molecule has 1 fully saturated rings. The fourth-order valence-corrected chi connectivity index (χ4v) is 2.33. The highest BCUT2D eigenvalue weighted by Crippen LogP contribution is 2.34. The van der Waals surface area contributed by atoms with Gasteiger partial charge in [-0.1, -0.05) is 20.3 Å². The first kappa shape index (κ1) is 12.3. The summed E-state index contributed by atoms with van der Waals surface area (Å²) in [6.07, 6.45) is 5.10. The van der Waals surface area contributed by atoms with Crippen LogP contribution in [0.15, 0.2) is 0 Å². The monoisotopic (exact) mass is 213 g/mol. The molecular weight excluding hydrogens is 190 g/mol. The highest BCUT2D eigenvalue weighted by Gasteiger charge is 2.27. The summed E-state index contributed by atoms with van der Waals surface area (Å²) in [5, 5.41) is 6.04. The Kier molecular flexibility index (Phi) is 4.39. The largest absolute Gasteiger partial charge is 0.352 e. The molecule has 1 unspecified atom stereocenters. The summed E-state index contributed by atoms with van der Waals surface area (Å²) >= 11 is 0. The van der Waals surface area contributed by atoms with E-state index in [9.17, 15) is 4.79 Å². The smallest absolute Gasteiger partial charge is 0.312 e. The van der Waals surface area contributed by atoms with E-state index in [1.165, 1.54) is 25.7 Å². The van der Waals surface area contributed by atoms with Crippen molar-refractivity contribution in [2.75, 3.05) is 13.1 Å². The molecular formula is C11H23N3O. The normalized spacial score (nSPS) is 24.8. The summed E-state index contributed by atoms with van der Waals surface area (Å²) in [5.41, 5.74) is 5.44. The quantitative estimate of drug-likeness (QED) is 0.615. The predicted molar refractivity (Wildman–Crippen MR) is 61.6 cm³/mol. The molecule has 4 N–H and O–H groups in total. The van der Waals surface area contributed by atoms with Crippen molar-refractivity contribution in [1.29, 1.82) is 0 Å². The van der Waals surface area contributed by atoms with Crippen LogP contribution in [-0.4, -0.2) is 25.2 Å². The number of amides is 2. The lowest BCUT2D eigenvalue weighted by Crippen LogP contribution is -2.42. The van der Waals surface area contributed by atoms with Gasteiger partial charge in [0.2, 0.25) is 0 Å². The summed E-state index contributed by atoms with van der Waals surface area (Å²) < 4.78 is 0. The van der Waals surface area contributed by atoms with Crippen LogP contribution >= 0.6 is 0 Å². The van der Waals surface area contributed by atoms with Crippen LogP contribution in [0, 0.1) is 5.41 Å². The summed E-state index contributed by atoms with van der Waals surface area (Å²) in [5.74, 6) is 0. The van der Waals surface area contributed by atoms with Gasteiger partial charge in [0.25, 0.3) is 0 Å². The summed E-state index contributed by atoms with van der Waals surface area (Å²) in [7, 11) is 0. The second-order valence-electron chi connectivity index (χ2n) is 5.20. The minimum absolute atomic E-state index is 0.444.